The minimum atomic E-state index is -0.467. The van der Waals surface area contributed by atoms with Crippen LogP contribution in [-0.4, -0.2) is 90.2 Å². The fraction of sp³-hybridized carbons (Fsp3) is 0.462. The Morgan fingerprint density at radius 3 is 2.95 bits per heavy atom. The number of morpholine rings is 1. The van der Waals surface area contributed by atoms with E-state index in [2.05, 4.69) is 21.4 Å². The van der Waals surface area contributed by atoms with Gasteiger partial charge in [0.2, 0.25) is 5.91 Å². The average molecular weight is 553 g/mol. The molecule has 39 heavy (non-hydrogen) atoms. The number of nitrogens with one attached hydrogen (secondary N) is 1. The first-order valence-electron chi connectivity index (χ1n) is 12.6. The predicted molar refractivity (Wildman–Crippen MR) is 142 cm³/mol. The number of hydrogen-bond acceptors (Lipinski definition) is 10. The maximum atomic E-state index is 13.3. The summed E-state index contributed by atoms with van der Waals surface area (Å²) in [6.07, 6.45) is 3.07. The summed E-state index contributed by atoms with van der Waals surface area (Å²) < 4.78 is 16.7. The van der Waals surface area contributed by atoms with E-state index in [0.29, 0.717) is 56.0 Å². The van der Waals surface area contributed by atoms with Gasteiger partial charge in [-0.25, -0.2) is 14.8 Å². The number of ether oxygens (including phenoxy) is 3. The Labute approximate surface area is 229 Å². The Balaban J connectivity index is 1.35. The Hall–Kier alpha value is -3.73. The number of anilines is 2. The number of methoxy groups -OCH3 is 1. The van der Waals surface area contributed by atoms with Crippen LogP contribution in [0.1, 0.15) is 33.6 Å². The van der Waals surface area contributed by atoms with Crippen LogP contribution in [0.2, 0.25) is 0 Å². The number of aryl methyl sites for hydroxylation is 1. The first-order valence-corrected chi connectivity index (χ1v) is 13.8. The fourth-order valence-electron chi connectivity index (χ4n) is 4.78. The van der Waals surface area contributed by atoms with Crippen LogP contribution in [-0.2, 0) is 27.2 Å². The van der Waals surface area contributed by atoms with Crippen molar-refractivity contribution < 1.29 is 28.6 Å². The van der Waals surface area contributed by atoms with Crippen LogP contribution < -0.4 is 15.0 Å². The minimum Gasteiger partial charge on any atom is -0.485 e. The minimum absolute atomic E-state index is 0.0193. The monoisotopic (exact) mass is 552 g/mol. The van der Waals surface area contributed by atoms with Gasteiger partial charge in [0.25, 0.3) is 0 Å². The molecule has 0 aromatic carbocycles. The van der Waals surface area contributed by atoms with Crippen LogP contribution in [0.25, 0.3) is 0 Å². The number of hydrogen-bond donors (Lipinski definition) is 1. The summed E-state index contributed by atoms with van der Waals surface area (Å²) in [5.74, 6) is 2.32. The molecule has 2 saturated heterocycles. The summed E-state index contributed by atoms with van der Waals surface area (Å²) in [4.78, 5) is 49.3. The molecule has 2 aromatic rings. The second-order valence-corrected chi connectivity index (χ2v) is 10.4. The van der Waals surface area contributed by atoms with Crippen LogP contribution >= 0.6 is 11.8 Å². The van der Waals surface area contributed by atoms with Crippen molar-refractivity contribution in [2.45, 2.75) is 31.6 Å². The van der Waals surface area contributed by atoms with E-state index in [1.165, 1.54) is 17.2 Å². The van der Waals surface area contributed by atoms with Crippen LogP contribution in [0.4, 0.5) is 16.4 Å². The van der Waals surface area contributed by atoms with E-state index in [9.17, 15) is 19.6 Å². The number of urea groups is 1. The molecule has 13 heteroatoms. The number of carbonyl (C=O) groups excluding carboxylic acids is 3. The van der Waals surface area contributed by atoms with E-state index in [4.69, 9.17) is 14.2 Å². The number of carbonyl (C=O) groups is 3. The van der Waals surface area contributed by atoms with Gasteiger partial charge in [0, 0.05) is 49.9 Å². The Bertz CT molecular complexity index is 1320. The maximum Gasteiger partial charge on any atom is 0.328 e. The lowest BCUT2D eigenvalue weighted by Gasteiger charge is -2.30. The van der Waals surface area contributed by atoms with Crippen molar-refractivity contribution in [2.75, 3.05) is 55.1 Å². The summed E-state index contributed by atoms with van der Waals surface area (Å²) in [5, 5.41) is 12.3. The third kappa shape index (κ3) is 5.83. The molecule has 5 rings (SSSR count). The van der Waals surface area contributed by atoms with Gasteiger partial charge in [-0.2, -0.15) is 17.0 Å². The van der Waals surface area contributed by atoms with Gasteiger partial charge in [0.1, 0.15) is 53.5 Å². The van der Waals surface area contributed by atoms with Gasteiger partial charge >= 0.3 is 6.03 Å². The molecular formula is C26H28N6O6S. The van der Waals surface area contributed by atoms with Crippen LogP contribution in [0, 0.1) is 11.3 Å². The fourth-order valence-corrected chi connectivity index (χ4v) is 6.01. The lowest BCUT2D eigenvalue weighted by molar-refractivity contribution is -0.143. The van der Waals surface area contributed by atoms with Gasteiger partial charge < -0.3 is 19.1 Å². The van der Waals surface area contributed by atoms with Crippen molar-refractivity contribution >= 4 is 41.6 Å². The van der Waals surface area contributed by atoms with Crippen LogP contribution in [0.15, 0.2) is 18.3 Å². The maximum absolute atomic E-state index is 13.3. The molecule has 3 amide bonds. The van der Waals surface area contributed by atoms with Gasteiger partial charge in [0.05, 0.1) is 12.8 Å². The van der Waals surface area contributed by atoms with E-state index in [1.54, 1.807) is 23.8 Å². The molecule has 0 radical (unpaired) electrons. The molecule has 1 N–H and O–H groups in total. The molecule has 2 aromatic heterocycles. The lowest BCUT2D eigenvalue weighted by atomic mass is 10.0. The first kappa shape index (κ1) is 26.9. The van der Waals surface area contributed by atoms with Crippen molar-refractivity contribution in [3.05, 3.63) is 40.7 Å². The van der Waals surface area contributed by atoms with Crippen molar-refractivity contribution in [3.8, 4) is 11.8 Å². The standard InChI is InChI=1S/C26H28N6O6S/c1-36-21-14-39-15-22(21)38-20-8-23(28-10-18(20)9-27)30-26(35)32-4-2-3-16-7-17(19(12-33)29-25(16)32)11-31-5-6-37-13-24(31)34/h7-8,10,12,21-22H,2-6,11,13-15H2,1H3,(H,28,30,35). The highest BCUT2D eigenvalue weighted by Crippen LogP contribution is 2.31. The molecule has 2 unspecified atom stereocenters. The molecule has 204 valence electrons. The number of rotatable bonds is 7. The molecule has 0 saturated carbocycles. The van der Waals surface area contributed by atoms with E-state index in [-0.39, 0.29) is 48.3 Å². The second kappa shape index (κ2) is 12.0. The number of nitrogens with zero attached hydrogens (tertiary/aromatic N) is 5. The number of thioether (sulfide) groups is 1. The summed E-state index contributed by atoms with van der Waals surface area (Å²) in [6, 6.07) is 4.99. The molecule has 0 bridgehead atoms. The zero-order valence-corrected chi connectivity index (χ0v) is 22.2. The second-order valence-electron chi connectivity index (χ2n) is 9.33. The number of aldehydes is 1. The molecule has 2 atom stereocenters. The molecule has 0 spiro atoms. The summed E-state index contributed by atoms with van der Waals surface area (Å²) in [6.45, 7) is 1.56. The van der Waals surface area contributed by atoms with E-state index >= 15 is 0 Å². The van der Waals surface area contributed by atoms with Crippen LogP contribution in [0.5, 0.6) is 5.75 Å². The molecule has 5 heterocycles. The molecule has 2 fully saturated rings. The highest BCUT2D eigenvalue weighted by atomic mass is 32.2. The van der Waals surface area contributed by atoms with E-state index in [1.807, 2.05) is 6.07 Å². The summed E-state index contributed by atoms with van der Waals surface area (Å²) >= 11 is 1.71. The van der Waals surface area contributed by atoms with Crippen molar-refractivity contribution in [3.63, 3.8) is 0 Å². The Morgan fingerprint density at radius 1 is 1.33 bits per heavy atom. The third-order valence-electron chi connectivity index (χ3n) is 6.86. The van der Waals surface area contributed by atoms with Crippen LogP contribution in [0.3, 0.4) is 0 Å². The van der Waals surface area contributed by atoms with Gasteiger partial charge in [-0.05, 0) is 24.5 Å². The molecule has 0 aliphatic carbocycles. The van der Waals surface area contributed by atoms with Crippen molar-refractivity contribution in [1.82, 2.24) is 14.9 Å². The smallest absolute Gasteiger partial charge is 0.328 e. The number of aromatic nitrogens is 2. The zero-order chi connectivity index (χ0) is 27.4. The largest absolute Gasteiger partial charge is 0.485 e. The zero-order valence-electron chi connectivity index (χ0n) is 21.4. The highest BCUT2D eigenvalue weighted by molar-refractivity contribution is 7.99. The summed E-state index contributed by atoms with van der Waals surface area (Å²) in [7, 11) is 1.63. The molecule has 3 aliphatic rings. The Kier molecular flexibility index (Phi) is 8.25. The topological polar surface area (TPSA) is 147 Å². The van der Waals surface area contributed by atoms with Gasteiger partial charge in [-0.1, -0.05) is 0 Å². The van der Waals surface area contributed by atoms with Gasteiger partial charge in [-0.15, -0.1) is 0 Å². The predicted octanol–water partition coefficient (Wildman–Crippen LogP) is 2.01. The number of nitriles is 1. The van der Waals surface area contributed by atoms with Crippen molar-refractivity contribution in [1.29, 1.82) is 5.26 Å². The lowest BCUT2D eigenvalue weighted by Crippen LogP contribution is -2.42. The number of amides is 3. The molecule has 3 aliphatic heterocycles. The normalized spacial score (nSPS) is 20.8. The number of fused-ring (bicyclic) bond motifs is 1. The molecular weight excluding hydrogens is 524 g/mol. The third-order valence-corrected chi connectivity index (χ3v) is 7.99. The quantitative estimate of drug-likeness (QED) is 0.506. The highest BCUT2D eigenvalue weighted by Gasteiger charge is 2.31. The van der Waals surface area contributed by atoms with Gasteiger partial charge in [0.15, 0.2) is 6.29 Å². The number of pyridine rings is 2. The van der Waals surface area contributed by atoms with Gasteiger partial charge in [-0.3, -0.25) is 19.8 Å². The van der Waals surface area contributed by atoms with Crippen molar-refractivity contribution in [2.24, 2.45) is 0 Å². The SMILES string of the molecule is COC1CSCC1Oc1cc(NC(=O)N2CCCc3cc(CN4CCOCC4=O)c(C=O)nc32)ncc1C#N. The first-order chi connectivity index (χ1) is 19.0. The Morgan fingerprint density at radius 2 is 2.18 bits per heavy atom. The van der Waals surface area contributed by atoms with E-state index < -0.39 is 6.03 Å². The summed E-state index contributed by atoms with van der Waals surface area (Å²) in [5.41, 5.74) is 1.89. The average Bonchev–Trinajstić information content (AvgIpc) is 3.40. The molecule has 12 nitrogen and oxygen atoms in total. The van der Waals surface area contributed by atoms with E-state index in [0.717, 1.165) is 17.1 Å².